The van der Waals surface area contributed by atoms with Crippen LogP contribution in [0.5, 0.6) is 0 Å². The molecule has 1 fully saturated rings. The monoisotopic (exact) mass is 503 g/mol. The molecule has 1 heterocycles. The van der Waals surface area contributed by atoms with E-state index in [0.29, 0.717) is 17.7 Å². The van der Waals surface area contributed by atoms with E-state index in [0.717, 1.165) is 17.7 Å². The summed E-state index contributed by atoms with van der Waals surface area (Å²) in [4.78, 5) is 14.3. The number of rotatable bonds is 3. The zero-order valence-electron chi connectivity index (χ0n) is 19.7. The first-order valence-corrected chi connectivity index (χ1v) is 10.9. The lowest BCUT2D eigenvalue weighted by atomic mass is 9.71. The van der Waals surface area contributed by atoms with Gasteiger partial charge in [-0.3, -0.25) is 0 Å². The lowest BCUT2D eigenvalue weighted by molar-refractivity contribution is -0.376. The summed E-state index contributed by atoms with van der Waals surface area (Å²) in [6.07, 6.45) is -12.5. The summed E-state index contributed by atoms with van der Waals surface area (Å²) in [5.41, 5.74) is -6.51. The van der Waals surface area contributed by atoms with Crippen molar-refractivity contribution in [3.63, 3.8) is 0 Å². The fourth-order valence-corrected chi connectivity index (χ4v) is 4.49. The number of carbonyl (C=O) groups is 1. The van der Waals surface area contributed by atoms with Gasteiger partial charge >= 0.3 is 18.4 Å². The van der Waals surface area contributed by atoms with Crippen molar-refractivity contribution in [2.75, 3.05) is 13.1 Å². The Morgan fingerprint density at radius 3 is 1.91 bits per heavy atom. The predicted molar refractivity (Wildman–Crippen MR) is 117 cm³/mol. The lowest BCUT2D eigenvalue weighted by Gasteiger charge is -2.34. The molecule has 0 unspecified atom stereocenters. The molecule has 2 atom stereocenters. The van der Waals surface area contributed by atoms with Gasteiger partial charge in [-0.05, 0) is 31.9 Å². The first-order chi connectivity index (χ1) is 15.9. The minimum atomic E-state index is -5.97. The number of hydrogen-bond acceptors (Lipinski definition) is 3. The summed E-state index contributed by atoms with van der Waals surface area (Å²) >= 11 is 0. The van der Waals surface area contributed by atoms with E-state index in [1.54, 1.807) is 20.8 Å². The summed E-state index contributed by atoms with van der Waals surface area (Å²) in [7, 11) is 0. The van der Waals surface area contributed by atoms with Crippen LogP contribution in [-0.4, -0.2) is 47.1 Å². The summed E-state index contributed by atoms with van der Waals surface area (Å²) < 4.78 is 85.2. The number of ether oxygens (including phenoxy) is 1. The van der Waals surface area contributed by atoms with Crippen molar-refractivity contribution in [1.29, 1.82) is 0 Å². The molecule has 0 aliphatic carbocycles. The number of benzene rings is 2. The number of halogens is 6. The number of aliphatic hydroxyl groups is 1. The molecule has 0 radical (unpaired) electrons. The smallest absolute Gasteiger partial charge is 0.430 e. The van der Waals surface area contributed by atoms with Crippen LogP contribution in [-0.2, 0) is 15.8 Å². The van der Waals surface area contributed by atoms with Gasteiger partial charge in [-0.2, -0.15) is 26.3 Å². The van der Waals surface area contributed by atoms with Crippen LogP contribution in [0.25, 0.3) is 0 Å². The molecule has 192 valence electrons. The highest BCUT2D eigenvalue weighted by Crippen LogP contribution is 2.51. The quantitative estimate of drug-likeness (QED) is 0.501. The minimum absolute atomic E-state index is 0.141. The largest absolute Gasteiger partial charge is 0.444 e. The summed E-state index contributed by atoms with van der Waals surface area (Å²) in [6.45, 7) is 7.41. The van der Waals surface area contributed by atoms with Crippen LogP contribution in [0.15, 0.2) is 54.6 Å². The summed E-state index contributed by atoms with van der Waals surface area (Å²) in [5.74, 6) is -0.462. The number of alkyl halides is 6. The fourth-order valence-electron chi connectivity index (χ4n) is 4.49. The van der Waals surface area contributed by atoms with Gasteiger partial charge in [-0.15, -0.1) is 0 Å². The Bertz CT molecular complexity index is 1030. The fraction of sp³-hybridized carbons (Fsp3) is 0.480. The highest BCUT2D eigenvalue weighted by molar-refractivity contribution is 5.69. The van der Waals surface area contributed by atoms with E-state index in [1.165, 1.54) is 4.90 Å². The van der Waals surface area contributed by atoms with E-state index >= 15 is 0 Å². The molecule has 2 aromatic rings. The Morgan fingerprint density at radius 2 is 1.46 bits per heavy atom. The number of amides is 1. The highest BCUT2D eigenvalue weighted by atomic mass is 19.4. The van der Waals surface area contributed by atoms with Crippen molar-refractivity contribution >= 4 is 6.09 Å². The van der Waals surface area contributed by atoms with Gasteiger partial charge in [-0.1, -0.05) is 61.5 Å². The number of likely N-dealkylation sites (tertiary alicyclic amines) is 1. The van der Waals surface area contributed by atoms with Crippen LogP contribution < -0.4 is 0 Å². The van der Waals surface area contributed by atoms with E-state index in [9.17, 15) is 36.2 Å². The molecule has 35 heavy (non-hydrogen) atoms. The Kier molecular flexibility index (Phi) is 6.69. The van der Waals surface area contributed by atoms with Crippen molar-refractivity contribution in [3.05, 3.63) is 71.3 Å². The van der Waals surface area contributed by atoms with Crippen LogP contribution >= 0.6 is 0 Å². The van der Waals surface area contributed by atoms with Crippen LogP contribution in [0, 0.1) is 0 Å². The summed E-state index contributed by atoms with van der Waals surface area (Å²) in [5, 5.41) is 9.70. The van der Waals surface area contributed by atoms with Crippen LogP contribution in [0.1, 0.15) is 50.3 Å². The second-order valence-electron chi connectivity index (χ2n) is 10.0. The van der Waals surface area contributed by atoms with E-state index in [4.69, 9.17) is 4.74 Å². The molecule has 10 heteroatoms. The molecule has 4 nitrogen and oxygen atoms in total. The van der Waals surface area contributed by atoms with E-state index in [-0.39, 0.29) is 13.1 Å². The maximum absolute atomic E-state index is 13.3. The molecule has 1 aliphatic rings. The van der Waals surface area contributed by atoms with Crippen molar-refractivity contribution in [1.82, 2.24) is 4.90 Å². The molecule has 1 saturated heterocycles. The van der Waals surface area contributed by atoms with Crippen LogP contribution in [0.4, 0.5) is 31.1 Å². The third-order valence-electron chi connectivity index (χ3n) is 6.33. The zero-order valence-corrected chi connectivity index (χ0v) is 19.7. The average molecular weight is 503 g/mol. The van der Waals surface area contributed by atoms with Crippen molar-refractivity contribution < 1.29 is 41.0 Å². The van der Waals surface area contributed by atoms with Crippen molar-refractivity contribution in [2.45, 2.75) is 62.6 Å². The number of carbonyl (C=O) groups excluding carboxylic acids is 1. The highest BCUT2D eigenvalue weighted by Gasteiger charge is 2.71. The third kappa shape index (κ3) is 4.98. The van der Waals surface area contributed by atoms with Crippen LogP contribution in [0.3, 0.4) is 0 Å². The van der Waals surface area contributed by atoms with Gasteiger partial charge in [-0.25, -0.2) is 4.79 Å². The van der Waals surface area contributed by atoms with Gasteiger partial charge in [0.1, 0.15) is 5.60 Å². The molecule has 1 amide bonds. The molecule has 0 aromatic heterocycles. The number of hydrogen-bond donors (Lipinski definition) is 1. The summed E-state index contributed by atoms with van der Waals surface area (Å²) in [6, 6.07) is 12.7. The molecule has 0 spiro atoms. The van der Waals surface area contributed by atoms with Crippen molar-refractivity contribution in [3.8, 4) is 0 Å². The average Bonchev–Trinajstić information content (AvgIpc) is 3.10. The molecule has 2 aromatic carbocycles. The van der Waals surface area contributed by atoms with E-state index < -0.39 is 46.5 Å². The minimum Gasteiger partial charge on any atom is -0.444 e. The molecular formula is C25H27F6NO3. The van der Waals surface area contributed by atoms with Gasteiger partial charge < -0.3 is 14.7 Å². The lowest BCUT2D eigenvalue weighted by Crippen LogP contribution is -2.53. The Labute approximate surface area is 199 Å². The van der Waals surface area contributed by atoms with Gasteiger partial charge in [0.15, 0.2) is 0 Å². The standard InChI is InChI=1S/C25H27F6NO3/c1-21(2,3)35-20(33)32-14-19(22(4,15-32)17-8-6-5-7-9-17)16-10-12-18(13-11-16)23(34,24(26,27)28)25(29,30)31/h5-13,19,34H,14-15H2,1-4H3/t19-,22+/m1/s1. The predicted octanol–water partition coefficient (Wildman–Crippen LogP) is 6.29. The first-order valence-electron chi connectivity index (χ1n) is 10.9. The topological polar surface area (TPSA) is 49.8 Å². The first kappa shape index (κ1) is 26.8. The Balaban J connectivity index is 2.03. The van der Waals surface area contributed by atoms with E-state index in [2.05, 4.69) is 0 Å². The van der Waals surface area contributed by atoms with Gasteiger partial charge in [0, 0.05) is 30.0 Å². The maximum Gasteiger partial charge on any atom is 0.430 e. The Morgan fingerprint density at radius 1 is 0.943 bits per heavy atom. The third-order valence-corrected chi connectivity index (χ3v) is 6.33. The molecule has 1 N–H and O–H groups in total. The van der Waals surface area contributed by atoms with Gasteiger partial charge in [0.2, 0.25) is 0 Å². The SMILES string of the molecule is CC(C)(C)OC(=O)N1C[C@H](c2ccc(C(O)(C(F)(F)F)C(F)(F)F)cc2)[C@](C)(c2ccccc2)C1. The van der Waals surface area contributed by atoms with Crippen molar-refractivity contribution in [2.24, 2.45) is 0 Å². The maximum atomic E-state index is 13.3. The zero-order chi connectivity index (χ0) is 26.4. The molecular weight excluding hydrogens is 476 g/mol. The Hall–Kier alpha value is -2.75. The van der Waals surface area contributed by atoms with Gasteiger partial charge in [0.25, 0.3) is 5.60 Å². The second kappa shape index (κ2) is 8.72. The molecule has 1 aliphatic heterocycles. The van der Waals surface area contributed by atoms with Crippen LogP contribution in [0.2, 0.25) is 0 Å². The van der Waals surface area contributed by atoms with Gasteiger partial charge in [0.05, 0.1) is 0 Å². The molecule has 0 saturated carbocycles. The molecule has 0 bridgehead atoms. The normalized spacial score (nSPS) is 21.8. The van der Waals surface area contributed by atoms with E-state index in [1.807, 2.05) is 37.3 Å². The molecule has 3 rings (SSSR count). The second-order valence-corrected chi connectivity index (χ2v) is 10.0. The number of nitrogens with zero attached hydrogens (tertiary/aromatic N) is 1.